The first-order valence-corrected chi connectivity index (χ1v) is 6.55. The van der Waals surface area contributed by atoms with Crippen LogP contribution in [0.15, 0.2) is 18.2 Å². The normalized spacial score (nSPS) is 31.4. The molecule has 3 atom stereocenters. The van der Waals surface area contributed by atoms with Gasteiger partial charge in [-0.05, 0) is 43.2 Å². The van der Waals surface area contributed by atoms with Crippen LogP contribution in [0.2, 0.25) is 0 Å². The molecule has 3 unspecified atom stereocenters. The molecule has 3 heteroatoms. The minimum absolute atomic E-state index is 0.653. The Balaban J connectivity index is 1.79. The lowest BCUT2D eigenvalue weighted by molar-refractivity contribution is 0.408. The van der Waals surface area contributed by atoms with Crippen molar-refractivity contribution in [2.24, 2.45) is 11.8 Å². The molecule has 1 heterocycles. The number of nitrogens with two attached hydrogens (primary N) is 1. The number of aromatic nitrogens is 2. The Labute approximate surface area is 100 Å². The summed E-state index contributed by atoms with van der Waals surface area (Å²) in [6, 6.07) is 5.98. The van der Waals surface area contributed by atoms with Crippen LogP contribution in [0.25, 0.3) is 11.0 Å². The summed E-state index contributed by atoms with van der Waals surface area (Å²) < 4.78 is 0. The Morgan fingerprint density at radius 2 is 2.18 bits per heavy atom. The number of imidazole rings is 1. The standard InChI is InChI=1S/C14H17N3/c15-11-2-1-3-12-13(11)17-14(16-12)10-7-8-4-5-9(10)6-8/h1-3,8-10H,4-7,15H2,(H,16,17). The molecule has 0 saturated heterocycles. The van der Waals surface area contributed by atoms with E-state index in [1.807, 2.05) is 12.1 Å². The fourth-order valence-corrected chi connectivity index (χ4v) is 3.83. The van der Waals surface area contributed by atoms with Gasteiger partial charge in [-0.15, -0.1) is 0 Å². The number of para-hydroxylation sites is 1. The summed E-state index contributed by atoms with van der Waals surface area (Å²) in [7, 11) is 0. The summed E-state index contributed by atoms with van der Waals surface area (Å²) in [5.41, 5.74) is 8.78. The molecule has 4 rings (SSSR count). The molecule has 2 aromatic rings. The van der Waals surface area contributed by atoms with E-state index in [9.17, 15) is 0 Å². The van der Waals surface area contributed by atoms with Crippen LogP contribution in [-0.2, 0) is 0 Å². The van der Waals surface area contributed by atoms with Gasteiger partial charge >= 0.3 is 0 Å². The van der Waals surface area contributed by atoms with E-state index in [4.69, 9.17) is 10.7 Å². The van der Waals surface area contributed by atoms with Gasteiger partial charge in [0.15, 0.2) is 0 Å². The predicted molar refractivity (Wildman–Crippen MR) is 68.7 cm³/mol. The summed E-state index contributed by atoms with van der Waals surface area (Å²) in [5, 5.41) is 0. The molecule has 0 radical (unpaired) electrons. The van der Waals surface area contributed by atoms with Crippen LogP contribution in [0.3, 0.4) is 0 Å². The lowest BCUT2D eigenvalue weighted by Gasteiger charge is -2.18. The number of nitrogens with zero attached hydrogens (tertiary/aromatic N) is 1. The van der Waals surface area contributed by atoms with Crippen molar-refractivity contribution in [1.82, 2.24) is 9.97 Å². The van der Waals surface area contributed by atoms with Gasteiger partial charge in [0.25, 0.3) is 0 Å². The summed E-state index contributed by atoms with van der Waals surface area (Å²) in [5.74, 6) is 3.64. The molecule has 2 aliphatic rings. The molecular formula is C14H17N3. The van der Waals surface area contributed by atoms with Gasteiger partial charge in [0, 0.05) is 5.92 Å². The van der Waals surface area contributed by atoms with Crippen LogP contribution in [0, 0.1) is 11.8 Å². The third kappa shape index (κ3) is 1.31. The number of nitrogens with one attached hydrogen (secondary N) is 1. The Morgan fingerprint density at radius 3 is 2.88 bits per heavy atom. The van der Waals surface area contributed by atoms with E-state index >= 15 is 0 Å². The van der Waals surface area contributed by atoms with E-state index in [1.54, 1.807) is 0 Å². The predicted octanol–water partition coefficient (Wildman–Crippen LogP) is 3.05. The van der Waals surface area contributed by atoms with Crippen molar-refractivity contribution in [2.45, 2.75) is 31.6 Å². The monoisotopic (exact) mass is 227 g/mol. The Morgan fingerprint density at radius 1 is 1.24 bits per heavy atom. The number of benzene rings is 1. The quantitative estimate of drug-likeness (QED) is 0.736. The van der Waals surface area contributed by atoms with Crippen LogP contribution in [0.4, 0.5) is 5.69 Å². The average Bonchev–Trinajstić information content (AvgIpc) is 3.03. The van der Waals surface area contributed by atoms with Gasteiger partial charge in [-0.1, -0.05) is 12.5 Å². The van der Waals surface area contributed by atoms with Crippen LogP contribution in [0.5, 0.6) is 0 Å². The number of nitrogen functional groups attached to an aromatic ring is 1. The molecule has 2 fully saturated rings. The molecule has 2 saturated carbocycles. The molecular weight excluding hydrogens is 210 g/mol. The largest absolute Gasteiger partial charge is 0.397 e. The smallest absolute Gasteiger partial charge is 0.111 e. The zero-order chi connectivity index (χ0) is 11.4. The molecule has 2 aliphatic carbocycles. The van der Waals surface area contributed by atoms with Crippen molar-refractivity contribution >= 4 is 16.7 Å². The minimum Gasteiger partial charge on any atom is -0.397 e. The lowest BCUT2D eigenvalue weighted by Crippen LogP contribution is -2.09. The second kappa shape index (κ2) is 3.25. The second-order valence-electron chi connectivity index (χ2n) is 5.65. The third-order valence-corrected chi connectivity index (χ3v) is 4.65. The molecule has 0 spiro atoms. The number of hydrogen-bond acceptors (Lipinski definition) is 2. The van der Waals surface area contributed by atoms with Gasteiger partial charge in [0.05, 0.1) is 11.2 Å². The number of rotatable bonds is 1. The Kier molecular flexibility index (Phi) is 1.82. The fraction of sp³-hybridized carbons (Fsp3) is 0.500. The molecule has 2 bridgehead atoms. The maximum absolute atomic E-state index is 5.96. The average molecular weight is 227 g/mol. The molecule has 0 amide bonds. The van der Waals surface area contributed by atoms with Crippen molar-refractivity contribution in [2.75, 3.05) is 5.73 Å². The minimum atomic E-state index is 0.653. The van der Waals surface area contributed by atoms with Crippen LogP contribution in [-0.4, -0.2) is 9.97 Å². The van der Waals surface area contributed by atoms with Crippen molar-refractivity contribution in [3.8, 4) is 0 Å². The van der Waals surface area contributed by atoms with Gasteiger partial charge in [0.2, 0.25) is 0 Å². The van der Waals surface area contributed by atoms with Gasteiger partial charge < -0.3 is 10.7 Å². The summed E-state index contributed by atoms with van der Waals surface area (Å²) in [6.07, 6.45) is 5.56. The maximum Gasteiger partial charge on any atom is 0.111 e. The first-order chi connectivity index (χ1) is 8.31. The van der Waals surface area contributed by atoms with E-state index in [0.29, 0.717) is 5.92 Å². The molecule has 17 heavy (non-hydrogen) atoms. The first-order valence-electron chi connectivity index (χ1n) is 6.55. The highest BCUT2D eigenvalue weighted by molar-refractivity contribution is 5.86. The SMILES string of the molecule is Nc1cccc2[nH]c(C3CC4CCC3C4)nc12. The van der Waals surface area contributed by atoms with Gasteiger partial charge in [-0.3, -0.25) is 0 Å². The molecule has 1 aromatic carbocycles. The summed E-state index contributed by atoms with van der Waals surface area (Å²) >= 11 is 0. The summed E-state index contributed by atoms with van der Waals surface area (Å²) in [6.45, 7) is 0. The van der Waals surface area contributed by atoms with Crippen molar-refractivity contribution < 1.29 is 0 Å². The van der Waals surface area contributed by atoms with Crippen molar-refractivity contribution in [1.29, 1.82) is 0 Å². The lowest BCUT2D eigenvalue weighted by atomic mass is 9.88. The maximum atomic E-state index is 5.96. The zero-order valence-electron chi connectivity index (χ0n) is 9.82. The number of fused-ring (bicyclic) bond motifs is 3. The highest BCUT2D eigenvalue weighted by atomic mass is 14.9. The number of aromatic amines is 1. The topological polar surface area (TPSA) is 54.7 Å². The molecule has 3 nitrogen and oxygen atoms in total. The molecule has 1 aromatic heterocycles. The number of H-pyrrole nitrogens is 1. The van der Waals surface area contributed by atoms with E-state index in [0.717, 1.165) is 28.6 Å². The number of hydrogen-bond donors (Lipinski definition) is 2. The van der Waals surface area contributed by atoms with Gasteiger partial charge in [0.1, 0.15) is 11.3 Å². The van der Waals surface area contributed by atoms with Crippen LogP contribution in [0.1, 0.15) is 37.4 Å². The fourth-order valence-electron chi connectivity index (χ4n) is 3.83. The molecule has 3 N–H and O–H groups in total. The number of anilines is 1. The second-order valence-corrected chi connectivity index (χ2v) is 5.65. The van der Waals surface area contributed by atoms with E-state index in [1.165, 1.54) is 31.5 Å². The molecule has 0 aliphatic heterocycles. The highest BCUT2D eigenvalue weighted by Crippen LogP contribution is 2.52. The van der Waals surface area contributed by atoms with Crippen LogP contribution >= 0.6 is 0 Å². The Hall–Kier alpha value is -1.51. The van der Waals surface area contributed by atoms with E-state index < -0.39 is 0 Å². The van der Waals surface area contributed by atoms with Crippen molar-refractivity contribution in [3.63, 3.8) is 0 Å². The van der Waals surface area contributed by atoms with Crippen LogP contribution < -0.4 is 5.73 Å². The third-order valence-electron chi connectivity index (χ3n) is 4.65. The van der Waals surface area contributed by atoms with E-state index in [-0.39, 0.29) is 0 Å². The van der Waals surface area contributed by atoms with Crippen molar-refractivity contribution in [3.05, 3.63) is 24.0 Å². The first kappa shape index (κ1) is 9.51. The van der Waals surface area contributed by atoms with Gasteiger partial charge in [-0.2, -0.15) is 0 Å². The van der Waals surface area contributed by atoms with E-state index in [2.05, 4.69) is 11.1 Å². The highest BCUT2D eigenvalue weighted by Gasteiger charge is 2.41. The Bertz CT molecular complexity index is 572. The zero-order valence-corrected chi connectivity index (χ0v) is 9.82. The molecule has 88 valence electrons. The van der Waals surface area contributed by atoms with Gasteiger partial charge in [-0.25, -0.2) is 4.98 Å². The summed E-state index contributed by atoms with van der Waals surface area (Å²) in [4.78, 5) is 8.20.